The van der Waals surface area contributed by atoms with Crippen LogP contribution >= 0.6 is 0 Å². The summed E-state index contributed by atoms with van der Waals surface area (Å²) in [6.45, 7) is 0. The Morgan fingerprint density at radius 1 is 1.45 bits per heavy atom. The lowest BCUT2D eigenvalue weighted by Crippen LogP contribution is -2.12. The summed E-state index contributed by atoms with van der Waals surface area (Å²) in [6.07, 6.45) is -3.87. The monoisotopic (exact) mass is 160 g/mol. The van der Waals surface area contributed by atoms with Crippen molar-refractivity contribution in [3.63, 3.8) is 0 Å². The highest BCUT2D eigenvalue weighted by molar-refractivity contribution is 5.03. The highest BCUT2D eigenvalue weighted by atomic mass is 19.4. The molecule has 59 valence electrons. The Morgan fingerprint density at radius 3 is 2.64 bits per heavy atom. The third-order valence-electron chi connectivity index (χ3n) is 1.04. The van der Waals surface area contributed by atoms with Gasteiger partial charge in [-0.15, -0.1) is 0 Å². The molecule has 0 fully saturated rings. The molecule has 4 heteroatoms. The fourth-order valence-corrected chi connectivity index (χ4v) is 0.660. The van der Waals surface area contributed by atoms with Gasteiger partial charge in [0.15, 0.2) is 0 Å². The zero-order chi connectivity index (χ0) is 8.32. The molecule has 0 aromatic carbocycles. The van der Waals surface area contributed by atoms with Gasteiger partial charge in [0.1, 0.15) is 0 Å². The number of halogens is 3. The minimum atomic E-state index is -4.18. The zero-order valence-electron chi connectivity index (χ0n) is 5.52. The molecule has 11 heavy (non-hydrogen) atoms. The number of nitrogens with zero attached hydrogens (tertiary/aromatic N) is 1. The number of aromatic nitrogens is 1. The summed E-state index contributed by atoms with van der Waals surface area (Å²) in [4.78, 5) is 3.51. The van der Waals surface area contributed by atoms with Crippen LogP contribution in [0.3, 0.4) is 0 Å². The maximum Gasteiger partial charge on any atom is 0.394 e. The van der Waals surface area contributed by atoms with E-state index in [1.54, 1.807) is 0 Å². The van der Waals surface area contributed by atoms with E-state index in [9.17, 15) is 13.2 Å². The first-order chi connectivity index (χ1) is 5.08. The second-order valence-electron chi connectivity index (χ2n) is 2.04. The number of pyridine rings is 1. The van der Waals surface area contributed by atoms with Crippen LogP contribution in [0, 0.1) is 6.07 Å². The number of hydrogen-bond acceptors (Lipinski definition) is 1. The van der Waals surface area contributed by atoms with Gasteiger partial charge >= 0.3 is 6.18 Å². The summed E-state index contributed by atoms with van der Waals surface area (Å²) in [5.74, 6) is 0. The van der Waals surface area contributed by atoms with Gasteiger partial charge < -0.3 is 0 Å². The highest BCUT2D eigenvalue weighted by Crippen LogP contribution is 2.19. The van der Waals surface area contributed by atoms with E-state index in [0.717, 1.165) is 0 Å². The van der Waals surface area contributed by atoms with Crippen LogP contribution in [-0.2, 0) is 6.42 Å². The van der Waals surface area contributed by atoms with Gasteiger partial charge in [-0.3, -0.25) is 4.98 Å². The number of rotatable bonds is 1. The molecule has 1 radical (unpaired) electrons. The van der Waals surface area contributed by atoms with E-state index in [0.29, 0.717) is 0 Å². The Hall–Kier alpha value is -1.06. The van der Waals surface area contributed by atoms with Crippen LogP contribution in [0.5, 0.6) is 0 Å². The van der Waals surface area contributed by atoms with Gasteiger partial charge in [0.2, 0.25) is 0 Å². The van der Waals surface area contributed by atoms with Crippen LogP contribution in [0.2, 0.25) is 0 Å². The molecule has 1 heterocycles. The van der Waals surface area contributed by atoms with Crippen LogP contribution < -0.4 is 0 Å². The second-order valence-corrected chi connectivity index (χ2v) is 2.04. The van der Waals surface area contributed by atoms with E-state index in [2.05, 4.69) is 11.1 Å². The van der Waals surface area contributed by atoms with Gasteiger partial charge in [-0.25, -0.2) is 0 Å². The van der Waals surface area contributed by atoms with Crippen LogP contribution in [0.1, 0.15) is 5.69 Å². The van der Waals surface area contributed by atoms with Crippen LogP contribution in [-0.4, -0.2) is 11.2 Å². The Bertz CT molecular complexity index is 217. The third-order valence-corrected chi connectivity index (χ3v) is 1.04. The maximum absolute atomic E-state index is 11.7. The van der Waals surface area contributed by atoms with Crippen LogP contribution in [0.15, 0.2) is 18.3 Å². The molecule has 0 unspecified atom stereocenters. The normalized spacial score (nSPS) is 11.5. The van der Waals surface area contributed by atoms with Gasteiger partial charge in [0.05, 0.1) is 6.42 Å². The van der Waals surface area contributed by atoms with Crippen molar-refractivity contribution in [2.45, 2.75) is 12.6 Å². The Balaban J connectivity index is 2.66. The second kappa shape index (κ2) is 2.90. The molecule has 0 saturated carbocycles. The van der Waals surface area contributed by atoms with Crippen molar-refractivity contribution >= 4 is 0 Å². The van der Waals surface area contributed by atoms with Crippen LogP contribution in [0.25, 0.3) is 0 Å². The lowest BCUT2D eigenvalue weighted by atomic mass is 10.3. The average molecular weight is 160 g/mol. The van der Waals surface area contributed by atoms with Crippen molar-refractivity contribution < 1.29 is 13.2 Å². The third kappa shape index (κ3) is 3.02. The summed E-state index contributed by atoms with van der Waals surface area (Å²) < 4.78 is 35.1. The molecule has 1 aromatic rings. The molecule has 0 atom stereocenters. The molecule has 0 aliphatic rings. The summed E-state index contributed by atoms with van der Waals surface area (Å²) in [6, 6.07) is 5.21. The van der Waals surface area contributed by atoms with Gasteiger partial charge in [0.25, 0.3) is 0 Å². The van der Waals surface area contributed by atoms with E-state index in [4.69, 9.17) is 0 Å². The minimum Gasteiger partial charge on any atom is -0.261 e. The van der Waals surface area contributed by atoms with Gasteiger partial charge in [0, 0.05) is 11.9 Å². The SMILES string of the molecule is FC(F)(F)Cc1c[c]ccn1. The quantitative estimate of drug-likeness (QED) is 0.612. The molecule has 0 aliphatic heterocycles. The maximum atomic E-state index is 11.7. The molecule has 0 N–H and O–H groups in total. The lowest BCUT2D eigenvalue weighted by Gasteiger charge is -2.03. The van der Waals surface area contributed by atoms with E-state index in [1.807, 2.05) is 0 Å². The smallest absolute Gasteiger partial charge is 0.261 e. The predicted molar refractivity (Wildman–Crippen MR) is 32.8 cm³/mol. The van der Waals surface area contributed by atoms with E-state index in [1.165, 1.54) is 18.3 Å². The van der Waals surface area contributed by atoms with Gasteiger partial charge in [-0.05, 0) is 18.2 Å². The highest BCUT2D eigenvalue weighted by Gasteiger charge is 2.27. The van der Waals surface area contributed by atoms with Crippen molar-refractivity contribution in [1.82, 2.24) is 4.98 Å². The Morgan fingerprint density at radius 2 is 2.18 bits per heavy atom. The number of alkyl halides is 3. The molecule has 0 amide bonds. The molecular weight excluding hydrogens is 155 g/mol. The molecule has 1 aromatic heterocycles. The Labute approximate surface area is 61.9 Å². The zero-order valence-corrected chi connectivity index (χ0v) is 5.52. The van der Waals surface area contributed by atoms with Gasteiger partial charge in [-0.1, -0.05) is 0 Å². The first-order valence-corrected chi connectivity index (χ1v) is 2.96. The van der Waals surface area contributed by atoms with Crippen molar-refractivity contribution in [1.29, 1.82) is 0 Å². The standard InChI is InChI=1S/C7H5F3N/c8-7(9,10)5-6-3-1-2-4-11-6/h2-4H,5H2. The van der Waals surface area contributed by atoms with Crippen LogP contribution in [0.4, 0.5) is 13.2 Å². The van der Waals surface area contributed by atoms with E-state index in [-0.39, 0.29) is 5.69 Å². The van der Waals surface area contributed by atoms with Crippen molar-refractivity contribution in [2.75, 3.05) is 0 Å². The Kier molecular flexibility index (Phi) is 2.12. The average Bonchev–Trinajstić information content (AvgIpc) is 1.85. The molecular formula is C7H5F3N. The van der Waals surface area contributed by atoms with Gasteiger partial charge in [-0.2, -0.15) is 13.2 Å². The molecule has 0 spiro atoms. The number of hydrogen-bond donors (Lipinski definition) is 0. The first kappa shape index (κ1) is 8.04. The summed E-state index contributed by atoms with van der Waals surface area (Å²) in [5.41, 5.74) is 0.000000000000000666. The molecule has 1 nitrogen and oxygen atoms in total. The largest absolute Gasteiger partial charge is 0.394 e. The van der Waals surface area contributed by atoms with E-state index < -0.39 is 12.6 Å². The van der Waals surface area contributed by atoms with Crippen molar-refractivity contribution in [2.24, 2.45) is 0 Å². The fraction of sp³-hybridized carbons (Fsp3) is 0.286. The molecule has 0 saturated heterocycles. The first-order valence-electron chi connectivity index (χ1n) is 2.96. The fourth-order valence-electron chi connectivity index (χ4n) is 0.660. The lowest BCUT2D eigenvalue weighted by molar-refractivity contribution is -0.127. The predicted octanol–water partition coefficient (Wildman–Crippen LogP) is 1.99. The summed E-state index contributed by atoms with van der Waals surface area (Å²) in [5, 5.41) is 0. The molecule has 1 rings (SSSR count). The topological polar surface area (TPSA) is 12.9 Å². The minimum absolute atomic E-state index is 0.000000000000000666. The van der Waals surface area contributed by atoms with Crippen molar-refractivity contribution in [3.8, 4) is 0 Å². The van der Waals surface area contributed by atoms with Crippen molar-refractivity contribution in [3.05, 3.63) is 30.1 Å². The summed E-state index contributed by atoms with van der Waals surface area (Å²) in [7, 11) is 0. The van der Waals surface area contributed by atoms with E-state index >= 15 is 0 Å². The summed E-state index contributed by atoms with van der Waals surface area (Å²) >= 11 is 0. The molecule has 0 aliphatic carbocycles. The molecule has 0 bridgehead atoms.